The van der Waals surface area contributed by atoms with E-state index >= 15 is 0 Å². The molecule has 1 aliphatic heterocycles. The number of aromatic amines is 1. The molecule has 0 radical (unpaired) electrons. The number of rotatable bonds is 2. The predicted molar refractivity (Wildman–Crippen MR) is 61.6 cm³/mol. The molecule has 2 heterocycles. The number of likely N-dealkylation sites (tertiary alicyclic amines) is 1. The zero-order valence-corrected chi connectivity index (χ0v) is 9.64. The third-order valence-corrected chi connectivity index (χ3v) is 3.08. The van der Waals surface area contributed by atoms with Crippen molar-refractivity contribution in [2.24, 2.45) is 5.92 Å². The third-order valence-electron chi connectivity index (χ3n) is 3.08. The normalized spacial score (nSPS) is 20.4. The Bertz CT molecular complexity index is 566. The first-order valence-electron chi connectivity index (χ1n) is 5.52. The van der Waals surface area contributed by atoms with E-state index in [-0.39, 0.29) is 5.56 Å². The van der Waals surface area contributed by atoms with Crippen molar-refractivity contribution in [2.45, 2.75) is 13.0 Å². The number of nitrogens with zero attached hydrogens (tertiary/aromatic N) is 3. The lowest BCUT2D eigenvalue weighted by molar-refractivity contribution is 0.374. The highest BCUT2D eigenvalue weighted by Crippen LogP contribution is 2.15. The van der Waals surface area contributed by atoms with E-state index in [1.165, 1.54) is 10.8 Å². The number of nitriles is 1. The molecule has 0 saturated carbocycles. The summed E-state index contributed by atoms with van der Waals surface area (Å²) < 4.78 is 1.42. The van der Waals surface area contributed by atoms with Crippen LogP contribution in [-0.4, -0.2) is 34.6 Å². The second-order valence-electron chi connectivity index (χ2n) is 4.48. The van der Waals surface area contributed by atoms with Gasteiger partial charge in [0.05, 0.1) is 0 Å². The van der Waals surface area contributed by atoms with Crippen LogP contribution in [0.4, 0.5) is 0 Å². The lowest BCUT2D eigenvalue weighted by atomic mass is 10.1. The summed E-state index contributed by atoms with van der Waals surface area (Å²) in [5, 5.41) is 8.74. The second-order valence-corrected chi connectivity index (χ2v) is 4.48. The predicted octanol–water partition coefficient (Wildman–Crippen LogP) is -0.640. The van der Waals surface area contributed by atoms with Crippen molar-refractivity contribution in [3.63, 3.8) is 0 Å². The van der Waals surface area contributed by atoms with E-state index < -0.39 is 11.2 Å². The van der Waals surface area contributed by atoms with Gasteiger partial charge in [-0.1, -0.05) is 0 Å². The standard InChI is InChI=1S/C11H14N4O2/c1-14-3-2-8(5-14)6-15-7-9(4-12)10(16)13-11(15)17/h7-8H,2-3,5-6H2,1H3,(H,13,16,17). The van der Waals surface area contributed by atoms with E-state index in [2.05, 4.69) is 9.88 Å². The Labute approximate surface area is 98.1 Å². The van der Waals surface area contributed by atoms with Crippen LogP contribution in [0.15, 0.2) is 15.8 Å². The zero-order chi connectivity index (χ0) is 12.4. The van der Waals surface area contributed by atoms with Gasteiger partial charge in [-0.2, -0.15) is 5.26 Å². The summed E-state index contributed by atoms with van der Waals surface area (Å²) in [7, 11) is 2.04. The number of nitrogens with one attached hydrogen (secondary N) is 1. The van der Waals surface area contributed by atoms with Crippen LogP contribution in [0.25, 0.3) is 0 Å². The highest BCUT2D eigenvalue weighted by atomic mass is 16.2. The first-order valence-corrected chi connectivity index (χ1v) is 5.52. The molecule has 17 heavy (non-hydrogen) atoms. The Morgan fingerprint density at radius 1 is 1.59 bits per heavy atom. The topological polar surface area (TPSA) is 81.9 Å². The summed E-state index contributed by atoms with van der Waals surface area (Å²) in [6.45, 7) is 2.51. The molecule has 1 N–H and O–H groups in total. The van der Waals surface area contributed by atoms with Crippen LogP contribution in [0.5, 0.6) is 0 Å². The SMILES string of the molecule is CN1CCC(Cn2cc(C#N)c(=O)[nH]c2=O)C1. The highest BCUT2D eigenvalue weighted by Gasteiger charge is 2.20. The maximum absolute atomic E-state index is 11.6. The maximum atomic E-state index is 11.6. The van der Waals surface area contributed by atoms with E-state index in [0.717, 1.165) is 19.5 Å². The van der Waals surface area contributed by atoms with E-state index in [1.54, 1.807) is 6.07 Å². The van der Waals surface area contributed by atoms with E-state index in [4.69, 9.17) is 5.26 Å². The minimum atomic E-state index is -0.614. The molecule has 0 aliphatic carbocycles. The molecular weight excluding hydrogens is 220 g/mol. The van der Waals surface area contributed by atoms with Gasteiger partial charge < -0.3 is 4.90 Å². The largest absolute Gasteiger partial charge is 0.328 e. The van der Waals surface area contributed by atoms with Gasteiger partial charge in [-0.3, -0.25) is 14.3 Å². The summed E-state index contributed by atoms with van der Waals surface area (Å²) in [6, 6.07) is 1.78. The molecule has 6 nitrogen and oxygen atoms in total. The van der Waals surface area contributed by atoms with Crippen LogP contribution in [0.2, 0.25) is 0 Å². The van der Waals surface area contributed by atoms with Crippen molar-refractivity contribution in [3.8, 4) is 6.07 Å². The Morgan fingerprint density at radius 2 is 2.35 bits per heavy atom. The molecule has 1 aromatic heterocycles. The van der Waals surface area contributed by atoms with Crippen LogP contribution >= 0.6 is 0 Å². The highest BCUT2D eigenvalue weighted by molar-refractivity contribution is 5.21. The maximum Gasteiger partial charge on any atom is 0.328 e. The van der Waals surface area contributed by atoms with E-state index in [0.29, 0.717) is 12.5 Å². The molecule has 1 fully saturated rings. The van der Waals surface area contributed by atoms with Gasteiger partial charge >= 0.3 is 5.69 Å². The van der Waals surface area contributed by atoms with Crippen LogP contribution < -0.4 is 11.2 Å². The van der Waals surface area contributed by atoms with Gasteiger partial charge in [-0.25, -0.2) is 4.79 Å². The van der Waals surface area contributed by atoms with Crippen molar-refractivity contribution in [3.05, 3.63) is 32.6 Å². The lowest BCUT2D eigenvalue weighted by Gasteiger charge is -2.12. The summed E-state index contributed by atoms with van der Waals surface area (Å²) >= 11 is 0. The van der Waals surface area contributed by atoms with Gasteiger partial charge in [0, 0.05) is 19.3 Å². The van der Waals surface area contributed by atoms with Gasteiger partial charge in [0.1, 0.15) is 11.6 Å². The summed E-state index contributed by atoms with van der Waals surface area (Å²) in [5.74, 6) is 0.398. The van der Waals surface area contributed by atoms with Crippen molar-refractivity contribution in [1.82, 2.24) is 14.5 Å². The van der Waals surface area contributed by atoms with Crippen molar-refractivity contribution in [1.29, 1.82) is 5.26 Å². The van der Waals surface area contributed by atoms with Crippen molar-refractivity contribution in [2.75, 3.05) is 20.1 Å². The molecule has 1 aromatic rings. The first kappa shape index (κ1) is 11.6. The number of H-pyrrole nitrogens is 1. The molecule has 0 aromatic carbocycles. The fourth-order valence-corrected chi connectivity index (χ4v) is 2.18. The van der Waals surface area contributed by atoms with Crippen molar-refractivity contribution >= 4 is 0 Å². The van der Waals surface area contributed by atoms with Crippen LogP contribution in [0, 0.1) is 17.2 Å². The number of hydrogen-bond donors (Lipinski definition) is 1. The summed E-state index contributed by atoms with van der Waals surface area (Å²) in [4.78, 5) is 27.1. The fourth-order valence-electron chi connectivity index (χ4n) is 2.18. The van der Waals surface area contributed by atoms with E-state index in [9.17, 15) is 9.59 Å². The summed E-state index contributed by atoms with van der Waals surface area (Å²) in [6.07, 6.45) is 2.38. The van der Waals surface area contributed by atoms with Crippen LogP contribution in [0.1, 0.15) is 12.0 Å². The molecule has 1 atom stereocenters. The Hall–Kier alpha value is -1.87. The van der Waals surface area contributed by atoms with Gasteiger partial charge in [0.15, 0.2) is 0 Å². The Morgan fingerprint density at radius 3 is 2.94 bits per heavy atom. The minimum absolute atomic E-state index is 0.0176. The molecule has 90 valence electrons. The molecule has 6 heteroatoms. The second kappa shape index (κ2) is 4.55. The third kappa shape index (κ3) is 2.45. The zero-order valence-electron chi connectivity index (χ0n) is 9.64. The van der Waals surface area contributed by atoms with Crippen LogP contribution in [-0.2, 0) is 6.54 Å². The van der Waals surface area contributed by atoms with Gasteiger partial charge in [0.25, 0.3) is 5.56 Å². The van der Waals surface area contributed by atoms with E-state index in [1.807, 2.05) is 7.05 Å². The molecular formula is C11H14N4O2. The molecule has 0 spiro atoms. The fraction of sp³-hybridized carbons (Fsp3) is 0.545. The van der Waals surface area contributed by atoms with Crippen LogP contribution in [0.3, 0.4) is 0 Å². The minimum Gasteiger partial charge on any atom is -0.306 e. The Balaban J connectivity index is 2.25. The van der Waals surface area contributed by atoms with Gasteiger partial charge in [0.2, 0.25) is 0 Å². The monoisotopic (exact) mass is 234 g/mol. The molecule has 1 aliphatic rings. The molecule has 1 saturated heterocycles. The first-order chi connectivity index (χ1) is 8.10. The molecule has 2 rings (SSSR count). The quantitative estimate of drug-likeness (QED) is 0.738. The smallest absolute Gasteiger partial charge is 0.306 e. The average molecular weight is 234 g/mol. The van der Waals surface area contributed by atoms with Gasteiger partial charge in [-0.15, -0.1) is 0 Å². The van der Waals surface area contributed by atoms with Gasteiger partial charge in [-0.05, 0) is 25.9 Å². The molecule has 0 bridgehead atoms. The number of hydrogen-bond acceptors (Lipinski definition) is 4. The molecule has 1 unspecified atom stereocenters. The Kier molecular flexibility index (Phi) is 3.11. The average Bonchev–Trinajstić information content (AvgIpc) is 2.68. The summed E-state index contributed by atoms with van der Waals surface area (Å²) in [5.41, 5.74) is -1.07. The number of aromatic nitrogens is 2. The molecule has 0 amide bonds. The lowest BCUT2D eigenvalue weighted by Crippen LogP contribution is -2.33. The van der Waals surface area contributed by atoms with Crippen molar-refractivity contribution < 1.29 is 0 Å².